The molecule has 1 aliphatic rings. The molecule has 0 aliphatic carbocycles. The van der Waals surface area contributed by atoms with E-state index in [0.29, 0.717) is 22.6 Å². The molecule has 0 bridgehead atoms. The summed E-state index contributed by atoms with van der Waals surface area (Å²) >= 11 is 0. The van der Waals surface area contributed by atoms with E-state index in [1.54, 1.807) is 54.6 Å². The van der Waals surface area contributed by atoms with Crippen LogP contribution >= 0.6 is 0 Å². The largest absolute Gasteiger partial charge is 0.509 e. The molecule has 1 aromatic heterocycles. The minimum absolute atomic E-state index is 0.0810. The van der Waals surface area contributed by atoms with Crippen molar-refractivity contribution in [3.8, 4) is 11.3 Å². The number of furan rings is 1. The van der Waals surface area contributed by atoms with Crippen molar-refractivity contribution in [1.29, 1.82) is 0 Å². The summed E-state index contributed by atoms with van der Waals surface area (Å²) in [5, 5.41) is 15.7. The fourth-order valence-corrected chi connectivity index (χ4v) is 3.25. The van der Waals surface area contributed by atoms with Crippen molar-refractivity contribution in [2.24, 2.45) is 0 Å². The summed E-state index contributed by atoms with van der Waals surface area (Å²) in [4.78, 5) is 36.4. The second-order valence-corrected chi connectivity index (χ2v) is 6.76. The Morgan fingerprint density at radius 3 is 2.42 bits per heavy atom. The quantitative estimate of drug-likeness (QED) is 0.432. The van der Waals surface area contributed by atoms with Gasteiger partial charge in [-0.05, 0) is 42.0 Å². The number of carbonyl (C=O) groups excluding carboxylic acids is 3. The number of ether oxygens (including phenoxy) is 1. The Labute approximate surface area is 177 Å². The molecule has 31 heavy (non-hydrogen) atoms. The van der Waals surface area contributed by atoms with E-state index in [9.17, 15) is 19.5 Å². The number of hydrogen-bond donors (Lipinski definition) is 3. The summed E-state index contributed by atoms with van der Waals surface area (Å²) in [5.74, 6) is -1.72. The van der Waals surface area contributed by atoms with Crippen LogP contribution in [0.25, 0.3) is 11.3 Å². The van der Waals surface area contributed by atoms with Gasteiger partial charge < -0.3 is 24.9 Å². The monoisotopic (exact) mass is 418 g/mol. The van der Waals surface area contributed by atoms with E-state index in [0.717, 1.165) is 0 Å². The Kier molecular flexibility index (Phi) is 5.28. The lowest BCUT2D eigenvalue weighted by atomic mass is 10.1. The lowest BCUT2D eigenvalue weighted by Crippen LogP contribution is -2.26. The van der Waals surface area contributed by atoms with E-state index < -0.39 is 23.8 Å². The van der Waals surface area contributed by atoms with Crippen molar-refractivity contribution in [3.63, 3.8) is 0 Å². The predicted octanol–water partition coefficient (Wildman–Crippen LogP) is 3.35. The van der Waals surface area contributed by atoms with Gasteiger partial charge in [0.05, 0.1) is 7.11 Å². The first kappa shape index (κ1) is 20.0. The van der Waals surface area contributed by atoms with E-state index in [-0.39, 0.29) is 17.1 Å². The Hall–Kier alpha value is -4.33. The van der Waals surface area contributed by atoms with Crippen molar-refractivity contribution in [3.05, 3.63) is 89.4 Å². The number of aliphatic hydroxyl groups is 1. The third-order valence-electron chi connectivity index (χ3n) is 4.81. The highest BCUT2D eigenvalue weighted by Gasteiger charge is 2.36. The van der Waals surface area contributed by atoms with Crippen molar-refractivity contribution in [2.75, 3.05) is 12.4 Å². The van der Waals surface area contributed by atoms with E-state index in [4.69, 9.17) is 4.42 Å². The summed E-state index contributed by atoms with van der Waals surface area (Å²) in [6, 6.07) is 17.9. The van der Waals surface area contributed by atoms with Gasteiger partial charge in [-0.3, -0.25) is 9.59 Å². The normalized spacial score (nSPS) is 15.5. The van der Waals surface area contributed by atoms with Gasteiger partial charge in [0.1, 0.15) is 23.1 Å². The first-order valence-corrected chi connectivity index (χ1v) is 9.37. The van der Waals surface area contributed by atoms with Gasteiger partial charge >= 0.3 is 5.97 Å². The van der Waals surface area contributed by atoms with E-state index >= 15 is 0 Å². The molecule has 0 radical (unpaired) electrons. The zero-order valence-electron chi connectivity index (χ0n) is 16.4. The molecule has 2 heterocycles. The number of aliphatic hydroxyl groups excluding tert-OH is 1. The molecule has 4 rings (SSSR count). The maximum Gasteiger partial charge on any atom is 0.373 e. The number of rotatable bonds is 5. The molecule has 1 atom stereocenters. The minimum Gasteiger partial charge on any atom is -0.509 e. The second-order valence-electron chi connectivity index (χ2n) is 6.76. The molecule has 0 saturated heterocycles. The number of amides is 2. The summed E-state index contributed by atoms with van der Waals surface area (Å²) < 4.78 is 10.1. The highest BCUT2D eigenvalue weighted by Crippen LogP contribution is 2.29. The molecule has 1 unspecified atom stereocenters. The topological polar surface area (TPSA) is 118 Å². The summed E-state index contributed by atoms with van der Waals surface area (Å²) in [5.41, 5.74) is 1.44. The molecule has 3 aromatic rings. The van der Waals surface area contributed by atoms with Crippen LogP contribution in [-0.4, -0.2) is 30.0 Å². The van der Waals surface area contributed by atoms with Crippen LogP contribution in [0.3, 0.4) is 0 Å². The highest BCUT2D eigenvalue weighted by molar-refractivity contribution is 6.24. The molecular weight excluding hydrogens is 400 g/mol. The molecule has 8 nitrogen and oxygen atoms in total. The van der Waals surface area contributed by atoms with Gasteiger partial charge in [-0.1, -0.05) is 30.3 Å². The molecule has 0 spiro atoms. The molecule has 2 aromatic carbocycles. The fourth-order valence-electron chi connectivity index (χ4n) is 3.25. The third kappa shape index (κ3) is 3.91. The van der Waals surface area contributed by atoms with Gasteiger partial charge in [-0.25, -0.2) is 4.79 Å². The lowest BCUT2D eigenvalue weighted by Gasteiger charge is -2.10. The van der Waals surface area contributed by atoms with Gasteiger partial charge in [0.15, 0.2) is 0 Å². The SMILES string of the molecule is COC(=O)c1ccc(-c2ccc(NC(=O)C3=C(O)C(c4ccccc4)NC3=O)cc2)o1. The first-order chi connectivity index (χ1) is 15.0. The fraction of sp³-hybridized carbons (Fsp3) is 0.0870. The van der Waals surface area contributed by atoms with Crippen LogP contribution in [0.15, 0.2) is 82.5 Å². The van der Waals surface area contributed by atoms with Crippen LogP contribution in [0.2, 0.25) is 0 Å². The first-order valence-electron chi connectivity index (χ1n) is 9.37. The van der Waals surface area contributed by atoms with Gasteiger partial charge in [0.25, 0.3) is 11.8 Å². The molecule has 2 amide bonds. The van der Waals surface area contributed by atoms with E-state index in [1.807, 2.05) is 6.07 Å². The van der Waals surface area contributed by atoms with Gasteiger partial charge in [-0.15, -0.1) is 0 Å². The summed E-state index contributed by atoms with van der Waals surface area (Å²) in [7, 11) is 1.27. The Morgan fingerprint density at radius 2 is 1.74 bits per heavy atom. The van der Waals surface area contributed by atoms with Crippen LogP contribution in [-0.2, 0) is 14.3 Å². The number of benzene rings is 2. The van der Waals surface area contributed by atoms with Crippen LogP contribution in [0, 0.1) is 0 Å². The smallest absolute Gasteiger partial charge is 0.373 e. The average Bonchev–Trinajstić information content (AvgIpc) is 3.39. The zero-order chi connectivity index (χ0) is 22.0. The number of hydrogen-bond acceptors (Lipinski definition) is 6. The predicted molar refractivity (Wildman–Crippen MR) is 111 cm³/mol. The maximum atomic E-state index is 12.6. The van der Waals surface area contributed by atoms with E-state index in [2.05, 4.69) is 15.4 Å². The Balaban J connectivity index is 1.50. The number of esters is 1. The van der Waals surface area contributed by atoms with Gasteiger partial charge in [0.2, 0.25) is 5.76 Å². The van der Waals surface area contributed by atoms with Gasteiger partial charge in [0, 0.05) is 11.3 Å². The van der Waals surface area contributed by atoms with Crippen molar-refractivity contribution < 1.29 is 28.6 Å². The number of carbonyl (C=O) groups is 3. The van der Waals surface area contributed by atoms with Crippen LogP contribution < -0.4 is 10.6 Å². The second kappa shape index (κ2) is 8.19. The molecule has 3 N–H and O–H groups in total. The van der Waals surface area contributed by atoms with Crippen molar-refractivity contribution in [1.82, 2.24) is 5.32 Å². The van der Waals surface area contributed by atoms with Crippen molar-refractivity contribution >= 4 is 23.5 Å². The maximum absolute atomic E-state index is 12.6. The molecular formula is C23H18N2O6. The summed E-state index contributed by atoms with van der Waals surface area (Å²) in [6.45, 7) is 0. The van der Waals surface area contributed by atoms with Crippen molar-refractivity contribution in [2.45, 2.75) is 6.04 Å². The van der Waals surface area contributed by atoms with Crippen LogP contribution in [0.4, 0.5) is 5.69 Å². The van der Waals surface area contributed by atoms with Crippen LogP contribution in [0.1, 0.15) is 22.2 Å². The molecule has 156 valence electrons. The summed E-state index contributed by atoms with van der Waals surface area (Å²) in [6.07, 6.45) is 0. The number of nitrogens with one attached hydrogen (secondary N) is 2. The number of anilines is 1. The average molecular weight is 418 g/mol. The molecule has 1 aliphatic heterocycles. The molecule has 0 saturated carbocycles. The number of methoxy groups -OCH3 is 1. The molecule has 8 heteroatoms. The minimum atomic E-state index is -0.764. The standard InChI is InChI=1S/C23H18N2O6/c1-30-23(29)17-12-11-16(31-17)13-7-9-15(10-8-13)24-21(27)18-20(26)19(25-22(18)28)14-5-3-2-4-6-14/h2-12,19,26H,1H3,(H,24,27)(H,25,28). The van der Waals surface area contributed by atoms with Gasteiger partial charge in [-0.2, -0.15) is 0 Å². The lowest BCUT2D eigenvalue weighted by molar-refractivity contribution is -0.120. The Morgan fingerprint density at radius 1 is 1.03 bits per heavy atom. The molecule has 0 fully saturated rings. The van der Waals surface area contributed by atoms with Crippen LogP contribution in [0.5, 0.6) is 0 Å². The third-order valence-corrected chi connectivity index (χ3v) is 4.81. The highest BCUT2D eigenvalue weighted by atomic mass is 16.5. The zero-order valence-corrected chi connectivity index (χ0v) is 16.4. The Bertz CT molecular complexity index is 1180. The van der Waals surface area contributed by atoms with E-state index in [1.165, 1.54) is 13.2 Å².